The molecule has 0 fully saturated rings. The Kier molecular flexibility index (Phi) is 4.96. The number of likely N-dealkylation sites (N-methyl/N-ethyl adjacent to an activating group) is 1. The molecule has 5 nitrogen and oxygen atoms in total. The number of para-hydroxylation sites is 1. The maximum atomic E-state index is 13.0. The first-order valence-corrected chi connectivity index (χ1v) is 10.3. The lowest BCUT2D eigenvalue weighted by atomic mass is 10.1. The van der Waals surface area contributed by atoms with Gasteiger partial charge in [0, 0.05) is 29.6 Å². The summed E-state index contributed by atoms with van der Waals surface area (Å²) in [5.41, 5.74) is 5.43. The number of hydrogen-bond donors (Lipinski definition) is 0. The maximum absolute atomic E-state index is 13.0. The van der Waals surface area contributed by atoms with Gasteiger partial charge in [-0.25, -0.2) is 4.68 Å². The number of nitrogens with zero attached hydrogens (tertiary/aromatic N) is 4. The number of anilines is 1. The lowest BCUT2D eigenvalue weighted by Gasteiger charge is -2.13. The number of rotatable bonds is 4. The predicted octanol–water partition coefficient (Wildman–Crippen LogP) is 4.06. The molecule has 2 heterocycles. The Morgan fingerprint density at radius 1 is 1.04 bits per heavy atom. The number of carbonyl (C=O) groups is 1. The van der Waals surface area contributed by atoms with Gasteiger partial charge in [-0.3, -0.25) is 9.79 Å². The van der Waals surface area contributed by atoms with Crippen molar-refractivity contribution in [1.82, 2.24) is 4.68 Å². The van der Waals surface area contributed by atoms with Gasteiger partial charge in [0.1, 0.15) is 0 Å². The van der Waals surface area contributed by atoms with Crippen molar-refractivity contribution in [2.24, 2.45) is 10.1 Å². The Morgan fingerprint density at radius 3 is 2.50 bits per heavy atom. The van der Waals surface area contributed by atoms with Gasteiger partial charge in [-0.05, 0) is 26.8 Å². The minimum atomic E-state index is -0.0697. The van der Waals surface area contributed by atoms with Crippen LogP contribution in [-0.2, 0) is 4.79 Å². The van der Waals surface area contributed by atoms with Gasteiger partial charge in [0.25, 0.3) is 5.91 Å². The first kappa shape index (κ1) is 18.4. The summed E-state index contributed by atoms with van der Waals surface area (Å²) in [6.45, 7) is 7.31. The molecule has 1 amide bonds. The molecule has 0 bridgehead atoms. The van der Waals surface area contributed by atoms with Crippen molar-refractivity contribution in [3.05, 3.63) is 69.8 Å². The van der Waals surface area contributed by atoms with Gasteiger partial charge in [-0.1, -0.05) is 48.0 Å². The maximum Gasteiger partial charge on any atom is 0.279 e. The lowest BCUT2D eigenvalue weighted by molar-refractivity contribution is -0.112. The van der Waals surface area contributed by atoms with Crippen molar-refractivity contribution in [2.75, 3.05) is 18.0 Å². The van der Waals surface area contributed by atoms with E-state index in [1.807, 2.05) is 48.2 Å². The number of aryl methyl sites for hydroxylation is 1. The van der Waals surface area contributed by atoms with E-state index < -0.39 is 0 Å². The molecule has 0 spiro atoms. The van der Waals surface area contributed by atoms with Crippen LogP contribution < -0.4 is 9.70 Å². The molecular formula is C22H22N4OS. The molecule has 3 aromatic rings. The number of thiazole rings is 1. The molecule has 1 aliphatic rings. The molecule has 0 saturated heterocycles. The third kappa shape index (κ3) is 3.10. The Bertz CT molecular complexity index is 1120. The van der Waals surface area contributed by atoms with Gasteiger partial charge in [0.05, 0.1) is 11.4 Å². The van der Waals surface area contributed by atoms with Gasteiger partial charge in [-0.15, -0.1) is 11.3 Å². The second-order valence-electron chi connectivity index (χ2n) is 6.57. The van der Waals surface area contributed by atoms with Crippen LogP contribution in [0.25, 0.3) is 11.3 Å². The van der Waals surface area contributed by atoms with Gasteiger partial charge < -0.3 is 4.90 Å². The largest absolute Gasteiger partial charge is 0.307 e. The summed E-state index contributed by atoms with van der Waals surface area (Å²) in [6.07, 6.45) is 0. The summed E-state index contributed by atoms with van der Waals surface area (Å²) < 4.78 is 1.81. The van der Waals surface area contributed by atoms with Crippen LogP contribution in [0.2, 0.25) is 0 Å². The van der Waals surface area contributed by atoms with Crippen molar-refractivity contribution >= 4 is 28.6 Å². The molecule has 0 aliphatic carbocycles. The monoisotopic (exact) mass is 390 g/mol. The smallest absolute Gasteiger partial charge is 0.279 e. The Hall–Kier alpha value is -2.99. The first-order valence-electron chi connectivity index (χ1n) is 9.42. The number of fused-ring (bicyclic) bond motifs is 1. The van der Waals surface area contributed by atoms with E-state index in [0.29, 0.717) is 18.8 Å². The quantitative estimate of drug-likeness (QED) is 0.663. The number of hydrogen-bond acceptors (Lipinski definition) is 4. The van der Waals surface area contributed by atoms with Crippen molar-refractivity contribution in [3.8, 4) is 11.3 Å². The van der Waals surface area contributed by atoms with E-state index in [-0.39, 0.29) is 5.91 Å². The van der Waals surface area contributed by atoms with Crippen molar-refractivity contribution in [2.45, 2.75) is 20.8 Å². The van der Waals surface area contributed by atoms with E-state index >= 15 is 0 Å². The van der Waals surface area contributed by atoms with Crippen LogP contribution >= 0.6 is 11.3 Å². The highest BCUT2D eigenvalue weighted by atomic mass is 32.1. The number of carbonyl (C=O) groups excluding carboxylic acids is 1. The van der Waals surface area contributed by atoms with E-state index in [1.165, 1.54) is 16.9 Å². The van der Waals surface area contributed by atoms with Crippen LogP contribution in [0, 0.1) is 6.92 Å². The average molecular weight is 391 g/mol. The summed E-state index contributed by atoms with van der Waals surface area (Å²) in [6, 6.07) is 16.1. The zero-order valence-electron chi connectivity index (χ0n) is 16.2. The molecule has 28 heavy (non-hydrogen) atoms. The fraction of sp³-hybridized carbons (Fsp3) is 0.227. The fourth-order valence-electron chi connectivity index (χ4n) is 3.33. The van der Waals surface area contributed by atoms with Crippen molar-refractivity contribution < 1.29 is 4.79 Å². The average Bonchev–Trinajstić information content (AvgIpc) is 3.22. The second-order valence-corrected chi connectivity index (χ2v) is 7.41. The highest BCUT2D eigenvalue weighted by Crippen LogP contribution is 2.29. The SMILES string of the molecule is CCN=c1scc(-c2ccc(C)cc2)n1N=C1C(=O)N(CC)c2ccccc21. The summed E-state index contributed by atoms with van der Waals surface area (Å²) >= 11 is 1.54. The molecule has 0 unspecified atom stereocenters. The summed E-state index contributed by atoms with van der Waals surface area (Å²) in [7, 11) is 0. The Labute approximate surface area is 168 Å². The van der Waals surface area contributed by atoms with Crippen LogP contribution in [0.1, 0.15) is 25.0 Å². The minimum absolute atomic E-state index is 0.0697. The van der Waals surface area contributed by atoms with Crippen LogP contribution in [0.15, 0.2) is 64.0 Å². The van der Waals surface area contributed by atoms with E-state index in [0.717, 1.165) is 27.3 Å². The van der Waals surface area contributed by atoms with Crippen LogP contribution in [-0.4, -0.2) is 29.4 Å². The number of benzene rings is 2. The summed E-state index contributed by atoms with van der Waals surface area (Å²) in [5, 5.41) is 6.86. The predicted molar refractivity (Wildman–Crippen MR) is 115 cm³/mol. The zero-order valence-corrected chi connectivity index (χ0v) is 17.0. The van der Waals surface area contributed by atoms with Gasteiger partial charge >= 0.3 is 0 Å². The Balaban J connectivity index is 1.92. The topological polar surface area (TPSA) is 50.0 Å². The van der Waals surface area contributed by atoms with Gasteiger partial charge in [0.15, 0.2) is 5.71 Å². The Morgan fingerprint density at radius 2 is 1.79 bits per heavy atom. The zero-order chi connectivity index (χ0) is 19.7. The molecular weight excluding hydrogens is 368 g/mol. The van der Waals surface area contributed by atoms with E-state index in [4.69, 9.17) is 5.10 Å². The highest BCUT2D eigenvalue weighted by Gasteiger charge is 2.33. The van der Waals surface area contributed by atoms with Gasteiger partial charge in [0.2, 0.25) is 4.80 Å². The number of amides is 1. The molecule has 2 aromatic carbocycles. The minimum Gasteiger partial charge on any atom is -0.307 e. The molecule has 1 aromatic heterocycles. The molecule has 4 rings (SSSR count). The third-order valence-electron chi connectivity index (χ3n) is 4.74. The van der Waals surface area contributed by atoms with E-state index in [1.54, 1.807) is 4.90 Å². The molecule has 0 N–H and O–H groups in total. The summed E-state index contributed by atoms with van der Waals surface area (Å²) in [4.78, 5) is 20.2. The van der Waals surface area contributed by atoms with Gasteiger partial charge in [-0.2, -0.15) is 5.10 Å². The van der Waals surface area contributed by atoms with Crippen LogP contribution in [0.5, 0.6) is 0 Å². The van der Waals surface area contributed by atoms with Crippen LogP contribution in [0.4, 0.5) is 5.69 Å². The van der Waals surface area contributed by atoms with E-state index in [9.17, 15) is 4.79 Å². The second kappa shape index (κ2) is 7.56. The first-order chi connectivity index (χ1) is 13.6. The molecule has 0 radical (unpaired) electrons. The van der Waals surface area contributed by atoms with Crippen molar-refractivity contribution in [1.29, 1.82) is 0 Å². The van der Waals surface area contributed by atoms with E-state index in [2.05, 4.69) is 36.2 Å². The molecule has 6 heteroatoms. The summed E-state index contributed by atoms with van der Waals surface area (Å²) in [5.74, 6) is -0.0697. The fourth-order valence-corrected chi connectivity index (χ4v) is 4.23. The lowest BCUT2D eigenvalue weighted by Crippen LogP contribution is -2.30. The third-order valence-corrected chi connectivity index (χ3v) is 5.59. The standard InChI is InChI=1S/C22H22N4OS/c1-4-23-22-26(19(14-28-22)16-12-10-15(3)11-13-16)24-20-17-8-6-7-9-18(17)25(5-2)21(20)27/h6-14H,4-5H2,1-3H3. The van der Waals surface area contributed by atoms with Crippen molar-refractivity contribution in [3.63, 3.8) is 0 Å². The molecule has 0 atom stereocenters. The molecule has 0 saturated carbocycles. The number of aromatic nitrogens is 1. The molecule has 1 aliphatic heterocycles. The highest BCUT2D eigenvalue weighted by molar-refractivity contribution is 7.07. The normalized spacial score (nSPS) is 15.5. The van der Waals surface area contributed by atoms with Crippen LogP contribution in [0.3, 0.4) is 0 Å². The molecule has 142 valence electrons.